The van der Waals surface area contributed by atoms with E-state index in [0.29, 0.717) is 23.1 Å². The highest BCUT2D eigenvalue weighted by atomic mass is 35.5. The number of esters is 1. The van der Waals surface area contributed by atoms with Gasteiger partial charge in [0.05, 0.1) is 16.7 Å². The molecule has 0 bridgehead atoms. The average Bonchev–Trinajstić information content (AvgIpc) is 3.26. The Bertz CT molecular complexity index is 1130. The first-order valence-electron chi connectivity index (χ1n) is 8.85. The monoisotopic (exact) mass is 395 g/mol. The third kappa shape index (κ3) is 3.64. The summed E-state index contributed by atoms with van der Waals surface area (Å²) in [6.07, 6.45) is -0.590. The molecule has 0 aliphatic rings. The van der Waals surface area contributed by atoms with E-state index < -0.39 is 12.1 Å². The molecule has 7 heteroatoms. The highest BCUT2D eigenvalue weighted by Crippen LogP contribution is 2.27. The van der Waals surface area contributed by atoms with Crippen LogP contribution in [-0.4, -0.2) is 20.7 Å². The summed E-state index contributed by atoms with van der Waals surface area (Å²) in [5, 5.41) is 4.33. The van der Waals surface area contributed by atoms with Gasteiger partial charge in [-0.15, -0.1) is 0 Å². The Hall–Kier alpha value is -3.12. The van der Waals surface area contributed by atoms with Gasteiger partial charge in [0.2, 0.25) is 5.76 Å². The molecule has 2 heterocycles. The van der Waals surface area contributed by atoms with Gasteiger partial charge in [-0.25, -0.2) is 9.78 Å². The minimum atomic E-state index is -0.590. The lowest BCUT2D eigenvalue weighted by molar-refractivity contribution is 0.0268. The highest BCUT2D eigenvalue weighted by Gasteiger charge is 2.23. The van der Waals surface area contributed by atoms with Crippen molar-refractivity contribution in [3.63, 3.8) is 0 Å². The third-order valence-corrected chi connectivity index (χ3v) is 4.63. The van der Waals surface area contributed by atoms with Gasteiger partial charge in [0.1, 0.15) is 0 Å². The summed E-state index contributed by atoms with van der Waals surface area (Å²) in [6, 6.07) is 17.1. The number of halogens is 1. The molecule has 0 saturated carbocycles. The molecule has 2 aromatic heterocycles. The van der Waals surface area contributed by atoms with E-state index in [1.165, 1.54) is 0 Å². The maximum atomic E-state index is 12.4. The number of aryl methyl sites for hydroxylation is 1. The van der Waals surface area contributed by atoms with Crippen molar-refractivity contribution in [2.45, 2.75) is 26.5 Å². The van der Waals surface area contributed by atoms with Crippen molar-refractivity contribution in [3.8, 4) is 0 Å². The number of hydrogen-bond acceptors (Lipinski definition) is 5. The Morgan fingerprint density at radius 1 is 1.21 bits per heavy atom. The molecule has 2 aromatic carbocycles. The molecule has 0 amide bonds. The molecule has 0 unspecified atom stereocenters. The van der Waals surface area contributed by atoms with Crippen LogP contribution in [0.2, 0.25) is 5.02 Å². The van der Waals surface area contributed by atoms with Crippen molar-refractivity contribution < 1.29 is 14.1 Å². The fourth-order valence-electron chi connectivity index (χ4n) is 3.10. The topological polar surface area (TPSA) is 70.2 Å². The van der Waals surface area contributed by atoms with Crippen molar-refractivity contribution in [2.75, 3.05) is 0 Å². The molecular formula is C21H18ClN3O3. The lowest BCUT2D eigenvalue weighted by Crippen LogP contribution is -2.14. The summed E-state index contributed by atoms with van der Waals surface area (Å²) < 4.78 is 12.6. The van der Waals surface area contributed by atoms with E-state index in [9.17, 15) is 4.79 Å². The molecule has 4 rings (SSSR count). The van der Waals surface area contributed by atoms with E-state index >= 15 is 0 Å². The second kappa shape index (κ2) is 7.48. The Labute approximate surface area is 166 Å². The predicted octanol–water partition coefficient (Wildman–Crippen LogP) is 4.95. The molecule has 0 aliphatic heterocycles. The lowest BCUT2D eigenvalue weighted by Gasteiger charge is -2.15. The Morgan fingerprint density at radius 3 is 2.71 bits per heavy atom. The quantitative estimate of drug-likeness (QED) is 0.447. The number of benzene rings is 2. The number of fused-ring (bicyclic) bond motifs is 1. The van der Waals surface area contributed by atoms with Crippen LogP contribution < -0.4 is 0 Å². The summed E-state index contributed by atoms with van der Waals surface area (Å²) in [5.41, 5.74) is 3.39. The smallest absolute Gasteiger partial charge is 0.377 e. The first kappa shape index (κ1) is 18.3. The Kier molecular flexibility index (Phi) is 4.88. The van der Waals surface area contributed by atoms with Crippen LogP contribution in [0.5, 0.6) is 0 Å². The number of hydrogen-bond donors (Lipinski definition) is 0. The zero-order chi connectivity index (χ0) is 19.7. The summed E-state index contributed by atoms with van der Waals surface area (Å²) >= 11 is 6.13. The SMILES string of the molecule is Cc1cc(C(=O)O[C@@H](C)c2nc3cc(Cl)ccc3n2Cc2ccccc2)on1. The van der Waals surface area contributed by atoms with E-state index in [2.05, 4.69) is 10.1 Å². The fraction of sp³-hybridized carbons (Fsp3) is 0.190. The maximum Gasteiger partial charge on any atom is 0.377 e. The third-order valence-electron chi connectivity index (χ3n) is 4.40. The predicted molar refractivity (Wildman–Crippen MR) is 105 cm³/mol. The van der Waals surface area contributed by atoms with Crippen molar-refractivity contribution in [3.05, 3.63) is 82.5 Å². The molecule has 142 valence electrons. The molecule has 4 aromatic rings. The number of imidazole rings is 1. The van der Waals surface area contributed by atoms with Crippen molar-refractivity contribution in [1.82, 2.24) is 14.7 Å². The zero-order valence-electron chi connectivity index (χ0n) is 15.4. The Morgan fingerprint density at radius 2 is 2.00 bits per heavy atom. The molecule has 0 N–H and O–H groups in total. The van der Waals surface area contributed by atoms with Gasteiger partial charge in [0.15, 0.2) is 11.9 Å². The van der Waals surface area contributed by atoms with Crippen LogP contribution in [0.15, 0.2) is 59.1 Å². The van der Waals surface area contributed by atoms with Crippen molar-refractivity contribution in [1.29, 1.82) is 0 Å². The standard InChI is InChI=1S/C21H18ClN3O3/c1-13-10-19(28-24-13)21(26)27-14(2)20-23-17-11-16(22)8-9-18(17)25(20)12-15-6-4-3-5-7-15/h3-11,14H,12H2,1-2H3/t14-/m0/s1. The van der Waals surface area contributed by atoms with E-state index in [1.807, 2.05) is 47.0 Å². The van der Waals surface area contributed by atoms with Crippen molar-refractivity contribution in [2.24, 2.45) is 0 Å². The highest BCUT2D eigenvalue weighted by molar-refractivity contribution is 6.31. The molecular weight excluding hydrogens is 378 g/mol. The van der Waals surface area contributed by atoms with Gasteiger partial charge in [0.25, 0.3) is 0 Å². The number of rotatable bonds is 5. The molecule has 6 nitrogen and oxygen atoms in total. The second-order valence-electron chi connectivity index (χ2n) is 6.55. The summed E-state index contributed by atoms with van der Waals surface area (Å²) in [4.78, 5) is 17.0. The molecule has 0 saturated heterocycles. The molecule has 28 heavy (non-hydrogen) atoms. The average molecular weight is 396 g/mol. The van der Waals surface area contributed by atoms with Crippen LogP contribution in [0, 0.1) is 6.92 Å². The number of nitrogens with zero attached hydrogens (tertiary/aromatic N) is 3. The summed E-state index contributed by atoms with van der Waals surface area (Å²) in [5.74, 6) is 0.119. The van der Waals surface area contributed by atoms with Crippen LogP contribution in [0.4, 0.5) is 0 Å². The van der Waals surface area contributed by atoms with Gasteiger partial charge >= 0.3 is 5.97 Å². The second-order valence-corrected chi connectivity index (χ2v) is 6.99. The largest absolute Gasteiger partial charge is 0.449 e. The van der Waals surface area contributed by atoms with Crippen LogP contribution in [-0.2, 0) is 11.3 Å². The van der Waals surface area contributed by atoms with Gasteiger partial charge in [-0.1, -0.05) is 47.1 Å². The minimum absolute atomic E-state index is 0.0677. The molecule has 0 radical (unpaired) electrons. The van der Waals surface area contributed by atoms with Gasteiger partial charge in [0, 0.05) is 17.6 Å². The van der Waals surface area contributed by atoms with E-state index in [4.69, 9.17) is 20.9 Å². The summed E-state index contributed by atoms with van der Waals surface area (Å²) in [7, 11) is 0. The van der Waals surface area contributed by atoms with Crippen molar-refractivity contribution >= 4 is 28.6 Å². The molecule has 1 atom stereocenters. The fourth-order valence-corrected chi connectivity index (χ4v) is 3.26. The number of aromatic nitrogens is 3. The summed E-state index contributed by atoms with van der Waals surface area (Å²) in [6.45, 7) is 4.12. The zero-order valence-corrected chi connectivity index (χ0v) is 16.2. The number of carbonyl (C=O) groups is 1. The van der Waals surface area contributed by atoms with Crippen LogP contribution in [0.1, 0.15) is 40.7 Å². The van der Waals surface area contributed by atoms with Gasteiger partial charge in [-0.05, 0) is 37.6 Å². The van der Waals surface area contributed by atoms with Gasteiger partial charge in [-0.3, -0.25) is 0 Å². The first-order chi connectivity index (χ1) is 13.5. The van der Waals surface area contributed by atoms with Crippen LogP contribution >= 0.6 is 11.6 Å². The minimum Gasteiger partial charge on any atom is -0.449 e. The lowest BCUT2D eigenvalue weighted by atomic mass is 10.2. The maximum absolute atomic E-state index is 12.4. The molecule has 0 fully saturated rings. The van der Waals surface area contributed by atoms with Crippen LogP contribution in [0.3, 0.4) is 0 Å². The molecule has 0 aliphatic carbocycles. The van der Waals surface area contributed by atoms with E-state index in [1.54, 1.807) is 26.0 Å². The number of ether oxygens (including phenoxy) is 1. The van der Waals surface area contributed by atoms with E-state index in [0.717, 1.165) is 16.6 Å². The van der Waals surface area contributed by atoms with Gasteiger partial charge < -0.3 is 13.8 Å². The molecule has 0 spiro atoms. The van der Waals surface area contributed by atoms with E-state index in [-0.39, 0.29) is 5.76 Å². The Balaban J connectivity index is 1.70. The number of carbonyl (C=O) groups excluding carboxylic acids is 1. The van der Waals surface area contributed by atoms with Crippen LogP contribution in [0.25, 0.3) is 11.0 Å². The normalized spacial score (nSPS) is 12.2. The van der Waals surface area contributed by atoms with Gasteiger partial charge in [-0.2, -0.15) is 0 Å². The first-order valence-corrected chi connectivity index (χ1v) is 9.23.